The fraction of sp³-hybridized carbons (Fsp3) is 0.167. The van der Waals surface area contributed by atoms with Crippen molar-refractivity contribution in [3.8, 4) is 23.3 Å². The highest BCUT2D eigenvalue weighted by molar-refractivity contribution is 5.63. The van der Waals surface area contributed by atoms with Crippen molar-refractivity contribution in [3.63, 3.8) is 0 Å². The molecule has 0 aliphatic heterocycles. The number of nitrogens with zero attached hydrogens (tertiary/aromatic N) is 1. The molecule has 2 rings (SSSR count). The van der Waals surface area contributed by atoms with Crippen LogP contribution in [0.3, 0.4) is 0 Å². The quantitative estimate of drug-likeness (QED) is 0.760. The molecule has 112 valence electrons. The first-order chi connectivity index (χ1) is 10.8. The standard InChI is InChI=1S/C18H17NO3/c1-20-16-11-15(9-6-10-19)12-17(21-2)18(16)22-13-14-7-4-3-5-8-14/h3-9,11-12H,13H2,1-2H3/b9-6-. The first-order valence-electron chi connectivity index (χ1n) is 6.77. The zero-order chi connectivity index (χ0) is 15.8. The Bertz CT molecular complexity index is 662. The second-order valence-corrected chi connectivity index (χ2v) is 4.49. The van der Waals surface area contributed by atoms with Gasteiger partial charge < -0.3 is 14.2 Å². The summed E-state index contributed by atoms with van der Waals surface area (Å²) < 4.78 is 16.6. The van der Waals surface area contributed by atoms with Crippen molar-refractivity contribution in [3.05, 3.63) is 59.7 Å². The summed E-state index contributed by atoms with van der Waals surface area (Å²) in [5.74, 6) is 1.67. The third kappa shape index (κ3) is 3.80. The fourth-order valence-electron chi connectivity index (χ4n) is 2.00. The number of nitriles is 1. The van der Waals surface area contributed by atoms with Crippen LogP contribution in [0.15, 0.2) is 48.5 Å². The molecule has 0 saturated heterocycles. The van der Waals surface area contributed by atoms with Crippen LogP contribution in [0.25, 0.3) is 6.08 Å². The lowest BCUT2D eigenvalue weighted by Crippen LogP contribution is -2.00. The molecule has 4 nitrogen and oxygen atoms in total. The Morgan fingerprint density at radius 2 is 1.68 bits per heavy atom. The van der Waals surface area contributed by atoms with Gasteiger partial charge in [-0.25, -0.2) is 0 Å². The van der Waals surface area contributed by atoms with E-state index in [2.05, 4.69) is 0 Å². The second kappa shape index (κ2) is 7.75. The second-order valence-electron chi connectivity index (χ2n) is 4.49. The smallest absolute Gasteiger partial charge is 0.203 e. The molecule has 0 aliphatic carbocycles. The van der Waals surface area contributed by atoms with Crippen LogP contribution < -0.4 is 14.2 Å². The third-order valence-electron chi connectivity index (χ3n) is 3.06. The van der Waals surface area contributed by atoms with E-state index >= 15 is 0 Å². The van der Waals surface area contributed by atoms with Gasteiger partial charge in [-0.3, -0.25) is 0 Å². The van der Waals surface area contributed by atoms with Gasteiger partial charge in [-0.15, -0.1) is 0 Å². The van der Waals surface area contributed by atoms with Crippen LogP contribution in [0, 0.1) is 11.3 Å². The van der Waals surface area contributed by atoms with Gasteiger partial charge in [0.25, 0.3) is 0 Å². The van der Waals surface area contributed by atoms with E-state index in [-0.39, 0.29) is 0 Å². The summed E-state index contributed by atoms with van der Waals surface area (Å²) in [7, 11) is 3.14. The van der Waals surface area contributed by atoms with Gasteiger partial charge in [0.1, 0.15) is 6.61 Å². The molecule has 0 spiro atoms. The molecule has 0 fully saturated rings. The molecule has 0 radical (unpaired) electrons. The van der Waals surface area contributed by atoms with Crippen LogP contribution in [-0.2, 0) is 6.61 Å². The molecule has 0 amide bonds. The monoisotopic (exact) mass is 295 g/mol. The molecule has 4 heteroatoms. The van der Waals surface area contributed by atoms with E-state index in [0.29, 0.717) is 23.9 Å². The first-order valence-corrected chi connectivity index (χ1v) is 6.77. The van der Waals surface area contributed by atoms with Gasteiger partial charge in [0, 0.05) is 6.08 Å². The van der Waals surface area contributed by atoms with Gasteiger partial charge in [-0.05, 0) is 29.3 Å². The first kappa shape index (κ1) is 15.5. The van der Waals surface area contributed by atoms with Gasteiger partial charge in [0.05, 0.1) is 20.3 Å². The molecule has 2 aromatic carbocycles. The Labute approximate surface area is 130 Å². The Morgan fingerprint density at radius 3 is 2.23 bits per heavy atom. The highest BCUT2D eigenvalue weighted by Gasteiger charge is 2.13. The number of ether oxygens (including phenoxy) is 3. The molecule has 0 bridgehead atoms. The van der Waals surface area contributed by atoms with Crippen molar-refractivity contribution in [2.75, 3.05) is 14.2 Å². The summed E-state index contributed by atoms with van der Waals surface area (Å²) in [5, 5.41) is 8.62. The minimum atomic E-state index is 0.418. The van der Waals surface area contributed by atoms with Gasteiger partial charge in [0.15, 0.2) is 11.5 Å². The van der Waals surface area contributed by atoms with Gasteiger partial charge in [0.2, 0.25) is 5.75 Å². The highest BCUT2D eigenvalue weighted by Crippen LogP contribution is 2.39. The number of hydrogen-bond donors (Lipinski definition) is 0. The molecule has 0 aromatic heterocycles. The van der Waals surface area contributed by atoms with Crippen LogP contribution in [0.2, 0.25) is 0 Å². The van der Waals surface area contributed by atoms with Crippen molar-refractivity contribution in [1.29, 1.82) is 5.26 Å². The minimum Gasteiger partial charge on any atom is -0.493 e. The molecule has 0 atom stereocenters. The van der Waals surface area contributed by atoms with Crippen LogP contribution in [0.4, 0.5) is 0 Å². The number of hydrogen-bond acceptors (Lipinski definition) is 4. The summed E-state index contributed by atoms with van der Waals surface area (Å²) in [6.45, 7) is 0.418. The maximum absolute atomic E-state index is 8.62. The zero-order valence-corrected chi connectivity index (χ0v) is 12.6. The van der Waals surface area contributed by atoms with Crippen molar-refractivity contribution < 1.29 is 14.2 Å². The lowest BCUT2D eigenvalue weighted by molar-refractivity contribution is 0.266. The predicted molar refractivity (Wildman–Crippen MR) is 85.0 cm³/mol. The Balaban J connectivity index is 2.29. The van der Waals surface area contributed by atoms with Crippen LogP contribution in [0.5, 0.6) is 17.2 Å². The molecule has 2 aromatic rings. The Hall–Kier alpha value is -2.93. The van der Waals surface area contributed by atoms with Crippen molar-refractivity contribution in [1.82, 2.24) is 0 Å². The SMILES string of the molecule is COc1cc(/C=C\C#N)cc(OC)c1OCc1ccccc1. The number of benzene rings is 2. The Kier molecular flexibility index (Phi) is 5.44. The normalized spacial score (nSPS) is 10.2. The van der Waals surface area contributed by atoms with E-state index in [1.54, 1.807) is 32.4 Å². The largest absolute Gasteiger partial charge is 0.493 e. The summed E-state index contributed by atoms with van der Waals surface area (Å²) in [6, 6.07) is 15.4. The van der Waals surface area contributed by atoms with E-state index in [4.69, 9.17) is 19.5 Å². The molecular formula is C18H17NO3. The summed E-state index contributed by atoms with van der Waals surface area (Å²) in [4.78, 5) is 0. The van der Waals surface area contributed by atoms with E-state index < -0.39 is 0 Å². The van der Waals surface area contributed by atoms with Crippen molar-refractivity contribution >= 4 is 6.08 Å². The maximum atomic E-state index is 8.62. The van der Waals surface area contributed by atoms with E-state index in [0.717, 1.165) is 11.1 Å². The van der Waals surface area contributed by atoms with Gasteiger partial charge >= 0.3 is 0 Å². The van der Waals surface area contributed by atoms with Crippen molar-refractivity contribution in [2.45, 2.75) is 6.61 Å². The van der Waals surface area contributed by atoms with Gasteiger partial charge in [-0.2, -0.15) is 5.26 Å². The predicted octanol–water partition coefficient (Wildman–Crippen LogP) is 3.82. The molecule has 0 N–H and O–H groups in total. The van der Waals surface area contributed by atoms with E-state index in [1.807, 2.05) is 36.4 Å². The summed E-state index contributed by atoms with van der Waals surface area (Å²) in [6.07, 6.45) is 3.09. The molecule has 22 heavy (non-hydrogen) atoms. The average molecular weight is 295 g/mol. The highest BCUT2D eigenvalue weighted by atomic mass is 16.5. The number of methoxy groups -OCH3 is 2. The molecular weight excluding hydrogens is 278 g/mol. The van der Waals surface area contributed by atoms with Crippen LogP contribution >= 0.6 is 0 Å². The van der Waals surface area contributed by atoms with Crippen molar-refractivity contribution in [2.24, 2.45) is 0 Å². The molecule has 0 saturated carbocycles. The van der Waals surface area contributed by atoms with E-state index in [1.165, 1.54) is 6.08 Å². The minimum absolute atomic E-state index is 0.418. The fourth-order valence-corrected chi connectivity index (χ4v) is 2.00. The molecule has 0 heterocycles. The molecule has 0 unspecified atom stereocenters. The topological polar surface area (TPSA) is 51.5 Å². The average Bonchev–Trinajstić information content (AvgIpc) is 2.58. The van der Waals surface area contributed by atoms with Crippen LogP contribution in [0.1, 0.15) is 11.1 Å². The van der Waals surface area contributed by atoms with Gasteiger partial charge in [-0.1, -0.05) is 30.3 Å². The lowest BCUT2D eigenvalue weighted by atomic mass is 10.1. The summed E-state index contributed by atoms with van der Waals surface area (Å²) >= 11 is 0. The Morgan fingerprint density at radius 1 is 1.05 bits per heavy atom. The van der Waals surface area contributed by atoms with E-state index in [9.17, 15) is 0 Å². The molecule has 0 aliphatic rings. The van der Waals surface area contributed by atoms with Crippen LogP contribution in [-0.4, -0.2) is 14.2 Å². The third-order valence-corrected chi connectivity index (χ3v) is 3.06. The summed E-state index contributed by atoms with van der Waals surface area (Å²) in [5.41, 5.74) is 1.86. The maximum Gasteiger partial charge on any atom is 0.203 e. The number of rotatable bonds is 6. The number of allylic oxidation sites excluding steroid dienone is 1. The lowest BCUT2D eigenvalue weighted by Gasteiger charge is -2.15. The zero-order valence-electron chi connectivity index (χ0n) is 12.6.